The van der Waals surface area contributed by atoms with Crippen LogP contribution in [0.1, 0.15) is 15.9 Å². The first-order valence-corrected chi connectivity index (χ1v) is 8.13. The van der Waals surface area contributed by atoms with Crippen LogP contribution in [0, 0.1) is 11.6 Å². The Kier molecular flexibility index (Phi) is 6.23. The molecule has 1 aromatic heterocycles. The van der Waals surface area contributed by atoms with Crippen molar-refractivity contribution in [2.24, 2.45) is 0 Å². The van der Waals surface area contributed by atoms with E-state index in [2.05, 4.69) is 10.3 Å². The van der Waals surface area contributed by atoms with Gasteiger partial charge in [0.25, 0.3) is 5.91 Å². The van der Waals surface area contributed by atoms with E-state index in [1.165, 1.54) is 0 Å². The van der Waals surface area contributed by atoms with Gasteiger partial charge in [0.2, 0.25) is 0 Å². The van der Waals surface area contributed by atoms with E-state index < -0.39 is 29.3 Å². The first-order valence-electron chi connectivity index (χ1n) is 6.77. The van der Waals surface area contributed by atoms with Crippen LogP contribution >= 0.6 is 23.4 Å². The normalized spacial score (nSPS) is 11.4. The molecule has 1 heterocycles. The molecule has 0 radical (unpaired) electrons. The lowest BCUT2D eigenvalue weighted by atomic mass is 10.2. The third kappa shape index (κ3) is 5.30. The zero-order valence-electron chi connectivity index (χ0n) is 12.3. The van der Waals surface area contributed by atoms with Gasteiger partial charge in [0.05, 0.1) is 10.6 Å². The molecule has 0 aliphatic carbocycles. The molecule has 0 spiro atoms. The maximum atomic E-state index is 13.0. The summed E-state index contributed by atoms with van der Waals surface area (Å²) in [5.41, 5.74) is -0.997. The standard InChI is InChI=1S/C15H10ClF5N2OS/c16-10-6-9(15(19,20)21)7-23-14(10)25-4-3-22-13(24)8-1-2-11(17)12(18)5-8/h1-2,5-7H,3-4H2,(H,22,24). The van der Waals surface area contributed by atoms with Gasteiger partial charge >= 0.3 is 6.18 Å². The summed E-state index contributed by atoms with van der Waals surface area (Å²) in [6.07, 6.45) is -3.85. The van der Waals surface area contributed by atoms with Gasteiger partial charge in [-0.25, -0.2) is 13.8 Å². The van der Waals surface area contributed by atoms with E-state index in [4.69, 9.17) is 11.6 Å². The molecular formula is C15H10ClF5N2OS. The molecule has 1 amide bonds. The van der Waals surface area contributed by atoms with Crippen LogP contribution in [0.25, 0.3) is 0 Å². The number of halogens is 6. The smallest absolute Gasteiger partial charge is 0.351 e. The molecule has 1 aromatic carbocycles. The highest BCUT2D eigenvalue weighted by Gasteiger charge is 2.31. The van der Waals surface area contributed by atoms with Gasteiger partial charge in [0, 0.05) is 24.1 Å². The van der Waals surface area contributed by atoms with Crippen LogP contribution in [-0.4, -0.2) is 23.2 Å². The van der Waals surface area contributed by atoms with Crippen molar-refractivity contribution in [3.63, 3.8) is 0 Å². The van der Waals surface area contributed by atoms with Gasteiger partial charge in [-0.1, -0.05) is 11.6 Å². The molecule has 0 atom stereocenters. The first kappa shape index (κ1) is 19.5. The number of rotatable bonds is 5. The number of pyridine rings is 1. The fourth-order valence-corrected chi connectivity index (χ4v) is 2.79. The predicted octanol–water partition coefficient (Wildman–Crippen LogP) is 4.55. The van der Waals surface area contributed by atoms with Crippen LogP contribution in [0.4, 0.5) is 22.0 Å². The lowest BCUT2D eigenvalue weighted by Crippen LogP contribution is -2.25. The van der Waals surface area contributed by atoms with Gasteiger partial charge in [0.1, 0.15) is 5.03 Å². The number of thioether (sulfide) groups is 1. The highest BCUT2D eigenvalue weighted by atomic mass is 35.5. The van der Waals surface area contributed by atoms with E-state index in [1.54, 1.807) is 0 Å². The topological polar surface area (TPSA) is 42.0 Å². The number of nitrogens with one attached hydrogen (secondary N) is 1. The van der Waals surface area contributed by atoms with Gasteiger partial charge in [-0.15, -0.1) is 11.8 Å². The molecule has 10 heteroatoms. The van der Waals surface area contributed by atoms with Crippen molar-refractivity contribution in [1.29, 1.82) is 0 Å². The summed E-state index contributed by atoms with van der Waals surface area (Å²) in [6.45, 7) is 0.127. The Labute approximate surface area is 148 Å². The number of aromatic nitrogens is 1. The highest BCUT2D eigenvalue weighted by molar-refractivity contribution is 7.99. The summed E-state index contributed by atoms with van der Waals surface area (Å²) >= 11 is 6.81. The van der Waals surface area contributed by atoms with Gasteiger partial charge in [-0.05, 0) is 24.3 Å². The van der Waals surface area contributed by atoms with Crippen molar-refractivity contribution in [3.8, 4) is 0 Å². The Bertz CT molecular complexity index is 785. The van der Waals surface area contributed by atoms with E-state index in [1.807, 2.05) is 0 Å². The Morgan fingerprint density at radius 1 is 1.20 bits per heavy atom. The maximum absolute atomic E-state index is 13.0. The molecule has 0 aliphatic heterocycles. The van der Waals surface area contributed by atoms with Crippen molar-refractivity contribution in [1.82, 2.24) is 10.3 Å². The third-order valence-electron chi connectivity index (χ3n) is 2.94. The molecule has 0 saturated heterocycles. The molecule has 134 valence electrons. The minimum atomic E-state index is -4.53. The third-order valence-corrected chi connectivity index (χ3v) is 4.35. The SMILES string of the molecule is O=C(NCCSc1ncc(C(F)(F)F)cc1Cl)c1ccc(F)c(F)c1. The number of nitrogens with zero attached hydrogens (tertiary/aromatic N) is 1. The van der Waals surface area contributed by atoms with Crippen LogP contribution in [0.3, 0.4) is 0 Å². The molecule has 3 nitrogen and oxygen atoms in total. The minimum Gasteiger partial charge on any atom is -0.351 e. The van der Waals surface area contributed by atoms with Crippen LogP contribution in [0.5, 0.6) is 0 Å². The van der Waals surface area contributed by atoms with E-state index in [0.29, 0.717) is 6.20 Å². The fourth-order valence-electron chi connectivity index (χ4n) is 1.74. The van der Waals surface area contributed by atoms with Crippen molar-refractivity contribution in [2.45, 2.75) is 11.2 Å². The van der Waals surface area contributed by atoms with Crippen molar-refractivity contribution < 1.29 is 26.7 Å². The second kappa shape index (κ2) is 8.01. The highest BCUT2D eigenvalue weighted by Crippen LogP contribution is 2.33. The van der Waals surface area contributed by atoms with Crippen molar-refractivity contribution >= 4 is 29.3 Å². The summed E-state index contributed by atoms with van der Waals surface area (Å²) in [5, 5.41) is 2.52. The quantitative estimate of drug-likeness (QED) is 0.458. The predicted molar refractivity (Wildman–Crippen MR) is 83.7 cm³/mol. The second-order valence-electron chi connectivity index (χ2n) is 4.74. The molecule has 0 fully saturated rings. The van der Waals surface area contributed by atoms with Gasteiger partial charge in [-0.3, -0.25) is 4.79 Å². The van der Waals surface area contributed by atoms with Crippen LogP contribution in [0.15, 0.2) is 35.5 Å². The molecule has 0 bridgehead atoms. The number of carbonyl (C=O) groups is 1. The van der Waals surface area contributed by atoms with E-state index in [0.717, 1.165) is 36.0 Å². The number of hydrogen-bond donors (Lipinski definition) is 1. The summed E-state index contributed by atoms with van der Waals surface area (Å²) in [6, 6.07) is 3.52. The van der Waals surface area contributed by atoms with E-state index in [9.17, 15) is 26.7 Å². The number of amides is 1. The van der Waals surface area contributed by atoms with Crippen molar-refractivity contribution in [2.75, 3.05) is 12.3 Å². The zero-order valence-corrected chi connectivity index (χ0v) is 13.9. The molecule has 0 unspecified atom stereocenters. The van der Waals surface area contributed by atoms with Crippen molar-refractivity contribution in [3.05, 3.63) is 58.2 Å². The molecule has 0 saturated carbocycles. The molecule has 2 aromatic rings. The Balaban J connectivity index is 1.86. The Morgan fingerprint density at radius 3 is 2.52 bits per heavy atom. The zero-order chi connectivity index (χ0) is 18.6. The van der Waals surface area contributed by atoms with E-state index in [-0.39, 0.29) is 27.9 Å². The maximum Gasteiger partial charge on any atom is 0.417 e. The summed E-state index contributed by atoms with van der Waals surface area (Å²) in [5.74, 6) is -2.53. The van der Waals surface area contributed by atoms with Gasteiger partial charge in [0.15, 0.2) is 11.6 Å². The molecule has 0 aliphatic rings. The Morgan fingerprint density at radius 2 is 1.92 bits per heavy atom. The summed E-state index contributed by atoms with van der Waals surface area (Å²) in [7, 11) is 0. The van der Waals surface area contributed by atoms with E-state index >= 15 is 0 Å². The molecular weight excluding hydrogens is 387 g/mol. The number of benzene rings is 1. The van der Waals surface area contributed by atoms with Gasteiger partial charge in [-0.2, -0.15) is 13.2 Å². The lowest BCUT2D eigenvalue weighted by molar-refractivity contribution is -0.137. The van der Waals surface area contributed by atoms with Gasteiger partial charge < -0.3 is 5.32 Å². The average molecular weight is 397 g/mol. The Hall–Kier alpha value is -1.87. The molecule has 25 heavy (non-hydrogen) atoms. The number of carbonyl (C=O) groups excluding carboxylic acids is 1. The van der Waals surface area contributed by atoms with Crippen LogP contribution in [0.2, 0.25) is 5.02 Å². The first-order chi connectivity index (χ1) is 11.7. The fraction of sp³-hybridized carbons (Fsp3) is 0.200. The average Bonchev–Trinajstić information content (AvgIpc) is 2.54. The lowest BCUT2D eigenvalue weighted by Gasteiger charge is -2.09. The summed E-state index contributed by atoms with van der Waals surface area (Å²) in [4.78, 5) is 15.4. The monoisotopic (exact) mass is 396 g/mol. The largest absolute Gasteiger partial charge is 0.417 e. The van der Waals surface area contributed by atoms with Crippen LogP contribution < -0.4 is 5.32 Å². The number of hydrogen-bond acceptors (Lipinski definition) is 3. The summed E-state index contributed by atoms with van der Waals surface area (Å²) < 4.78 is 63.4. The minimum absolute atomic E-state index is 0.0467. The van der Waals surface area contributed by atoms with Crippen LogP contribution in [-0.2, 0) is 6.18 Å². The molecule has 2 rings (SSSR count). The number of alkyl halides is 3. The molecule has 1 N–H and O–H groups in total. The second-order valence-corrected chi connectivity index (χ2v) is 6.23.